The second kappa shape index (κ2) is 4.04. The number of carboxylic acid groups (broad SMARTS) is 1. The van der Waals surface area contributed by atoms with Crippen LogP contribution >= 0.6 is 0 Å². The van der Waals surface area contributed by atoms with Crippen LogP contribution in [0.4, 0.5) is 0 Å². The molecule has 10 heavy (non-hydrogen) atoms. The summed E-state index contributed by atoms with van der Waals surface area (Å²) in [4.78, 5) is 10.1. The molecule has 0 aromatic carbocycles. The first-order chi connectivity index (χ1) is 4.57. The van der Waals surface area contributed by atoms with E-state index in [1.54, 1.807) is 0 Å². The van der Waals surface area contributed by atoms with Crippen molar-refractivity contribution < 1.29 is 9.90 Å². The van der Waals surface area contributed by atoms with Gasteiger partial charge in [-0.2, -0.15) is 0 Å². The van der Waals surface area contributed by atoms with Gasteiger partial charge in [-0.05, 0) is 12.3 Å². The van der Waals surface area contributed by atoms with Crippen molar-refractivity contribution in [2.45, 2.75) is 26.7 Å². The summed E-state index contributed by atoms with van der Waals surface area (Å²) in [6.07, 6.45) is 1.31. The molecule has 1 atom stereocenters. The van der Waals surface area contributed by atoms with E-state index in [2.05, 4.69) is 0 Å². The van der Waals surface area contributed by atoms with E-state index in [1.165, 1.54) is 0 Å². The van der Waals surface area contributed by atoms with Crippen molar-refractivity contribution in [3.05, 3.63) is 0 Å². The number of carbonyl (C=O) groups is 1. The average Bonchev–Trinajstić information content (AvgIpc) is 1.87. The fourth-order valence-electron chi connectivity index (χ4n) is 0.580. The maximum atomic E-state index is 10.1. The van der Waals surface area contributed by atoms with Gasteiger partial charge in [0.15, 0.2) is 0 Å². The summed E-state index contributed by atoms with van der Waals surface area (Å²) in [5.74, 6) is -0.788. The molecule has 0 bridgehead atoms. The largest absolute Gasteiger partial charge is 0.477 e. The van der Waals surface area contributed by atoms with Crippen molar-refractivity contribution in [3.8, 4) is 0 Å². The molecule has 0 aliphatic carbocycles. The Morgan fingerprint density at radius 3 is 2.50 bits per heavy atom. The van der Waals surface area contributed by atoms with E-state index in [4.69, 9.17) is 10.5 Å². The van der Waals surface area contributed by atoms with E-state index in [-0.39, 0.29) is 5.71 Å². The van der Waals surface area contributed by atoms with Gasteiger partial charge in [0.1, 0.15) is 5.71 Å². The highest BCUT2D eigenvalue weighted by Crippen LogP contribution is 2.06. The van der Waals surface area contributed by atoms with Crippen LogP contribution in [0.2, 0.25) is 0 Å². The molecule has 2 N–H and O–H groups in total. The maximum Gasteiger partial charge on any atom is 0.349 e. The zero-order valence-corrected chi connectivity index (χ0v) is 6.35. The van der Waals surface area contributed by atoms with E-state index in [1.807, 2.05) is 13.8 Å². The quantitative estimate of drug-likeness (QED) is 0.586. The van der Waals surface area contributed by atoms with Gasteiger partial charge < -0.3 is 5.11 Å². The number of aliphatic carboxylic acids is 1. The molecule has 3 heteroatoms. The van der Waals surface area contributed by atoms with E-state index >= 15 is 0 Å². The van der Waals surface area contributed by atoms with Crippen molar-refractivity contribution in [2.24, 2.45) is 5.92 Å². The summed E-state index contributed by atoms with van der Waals surface area (Å²) in [7, 11) is 0. The third-order valence-corrected chi connectivity index (χ3v) is 1.51. The van der Waals surface area contributed by atoms with Gasteiger partial charge in [-0.1, -0.05) is 20.3 Å². The minimum Gasteiger partial charge on any atom is -0.477 e. The zero-order valence-electron chi connectivity index (χ0n) is 6.35. The van der Waals surface area contributed by atoms with Crippen LogP contribution in [0, 0.1) is 11.3 Å². The lowest BCUT2D eigenvalue weighted by molar-refractivity contribution is -0.129. The van der Waals surface area contributed by atoms with Crippen molar-refractivity contribution in [1.82, 2.24) is 0 Å². The molecule has 0 rings (SSSR count). The second-order valence-electron chi connectivity index (χ2n) is 2.50. The van der Waals surface area contributed by atoms with Gasteiger partial charge in [0.2, 0.25) is 0 Å². The van der Waals surface area contributed by atoms with Crippen LogP contribution in [0.15, 0.2) is 0 Å². The normalized spacial score (nSPS) is 12.6. The molecule has 0 saturated carbocycles. The molecule has 0 amide bonds. The molecule has 0 fully saturated rings. The van der Waals surface area contributed by atoms with Gasteiger partial charge in [0, 0.05) is 0 Å². The number of nitrogens with one attached hydrogen (secondary N) is 1. The Balaban J connectivity index is 3.68. The van der Waals surface area contributed by atoms with Gasteiger partial charge in [-0.15, -0.1) is 0 Å². The third-order valence-electron chi connectivity index (χ3n) is 1.51. The highest BCUT2D eigenvalue weighted by Gasteiger charge is 2.09. The van der Waals surface area contributed by atoms with E-state index in [0.717, 1.165) is 6.42 Å². The lowest BCUT2D eigenvalue weighted by atomic mass is 10.0. The van der Waals surface area contributed by atoms with Gasteiger partial charge in [-0.3, -0.25) is 5.41 Å². The summed E-state index contributed by atoms with van der Waals surface area (Å²) in [5.41, 5.74) is -0.186. The van der Waals surface area contributed by atoms with Crippen molar-refractivity contribution >= 4 is 11.7 Å². The predicted molar refractivity (Wildman–Crippen MR) is 39.4 cm³/mol. The van der Waals surface area contributed by atoms with Crippen molar-refractivity contribution in [3.63, 3.8) is 0 Å². The number of rotatable bonds is 4. The molecule has 0 aromatic rings. The van der Waals surface area contributed by atoms with E-state index in [0.29, 0.717) is 12.3 Å². The first-order valence-corrected chi connectivity index (χ1v) is 3.38. The van der Waals surface area contributed by atoms with Gasteiger partial charge in [0.05, 0.1) is 0 Å². The molecular weight excluding hydrogens is 130 g/mol. The summed E-state index contributed by atoms with van der Waals surface area (Å²) in [6, 6.07) is 0. The molecule has 58 valence electrons. The molecule has 3 nitrogen and oxygen atoms in total. The third kappa shape index (κ3) is 3.22. The Hall–Kier alpha value is -0.860. The smallest absolute Gasteiger partial charge is 0.349 e. The Labute approximate surface area is 60.6 Å². The molecule has 0 aliphatic heterocycles. The second-order valence-corrected chi connectivity index (χ2v) is 2.50. The van der Waals surface area contributed by atoms with Gasteiger partial charge in [-0.25, -0.2) is 4.79 Å². The van der Waals surface area contributed by atoms with Crippen LogP contribution in [-0.4, -0.2) is 16.8 Å². The number of hydrogen-bond acceptors (Lipinski definition) is 2. The van der Waals surface area contributed by atoms with Crippen LogP contribution in [0.5, 0.6) is 0 Å². The summed E-state index contributed by atoms with van der Waals surface area (Å²) in [5, 5.41) is 15.3. The fraction of sp³-hybridized carbons (Fsp3) is 0.714. The summed E-state index contributed by atoms with van der Waals surface area (Å²) >= 11 is 0. The highest BCUT2D eigenvalue weighted by atomic mass is 16.4. The first-order valence-electron chi connectivity index (χ1n) is 3.38. The minimum absolute atomic E-state index is 0.186. The summed E-state index contributed by atoms with van der Waals surface area (Å²) < 4.78 is 0. The molecule has 0 aromatic heterocycles. The Kier molecular flexibility index (Phi) is 3.69. The first kappa shape index (κ1) is 9.14. The molecule has 0 radical (unpaired) electrons. The molecule has 0 aliphatic rings. The Bertz CT molecular complexity index is 143. The fourth-order valence-corrected chi connectivity index (χ4v) is 0.580. The van der Waals surface area contributed by atoms with Crippen LogP contribution in [0.3, 0.4) is 0 Å². The Morgan fingerprint density at radius 2 is 2.20 bits per heavy atom. The van der Waals surface area contributed by atoms with E-state index in [9.17, 15) is 4.79 Å². The molecule has 0 saturated heterocycles. The predicted octanol–water partition coefficient (Wildman–Crippen LogP) is 1.53. The number of carboxylic acids is 1. The van der Waals surface area contributed by atoms with Crippen LogP contribution in [0.1, 0.15) is 26.7 Å². The maximum absolute atomic E-state index is 10.1. The standard InChI is InChI=1S/C7H13NO2/c1-3-5(2)4-6(8)7(9)10/h5,8H,3-4H2,1-2H3,(H,9,10). The van der Waals surface area contributed by atoms with Gasteiger partial charge in [0.25, 0.3) is 0 Å². The van der Waals surface area contributed by atoms with Crippen molar-refractivity contribution in [1.29, 1.82) is 5.41 Å². The number of hydrogen-bond donors (Lipinski definition) is 2. The lowest BCUT2D eigenvalue weighted by Crippen LogP contribution is -2.14. The topological polar surface area (TPSA) is 61.2 Å². The monoisotopic (exact) mass is 143 g/mol. The summed E-state index contributed by atoms with van der Waals surface area (Å²) in [6.45, 7) is 3.93. The molecule has 0 heterocycles. The lowest BCUT2D eigenvalue weighted by Gasteiger charge is -2.04. The van der Waals surface area contributed by atoms with Crippen LogP contribution < -0.4 is 0 Å². The molecular formula is C7H13NO2. The van der Waals surface area contributed by atoms with E-state index < -0.39 is 5.97 Å². The van der Waals surface area contributed by atoms with Gasteiger partial charge >= 0.3 is 5.97 Å². The zero-order chi connectivity index (χ0) is 8.15. The van der Waals surface area contributed by atoms with Crippen LogP contribution in [0.25, 0.3) is 0 Å². The molecule has 1 unspecified atom stereocenters. The highest BCUT2D eigenvalue weighted by molar-refractivity contribution is 6.34. The Morgan fingerprint density at radius 1 is 1.70 bits per heavy atom. The minimum atomic E-state index is -1.10. The van der Waals surface area contributed by atoms with Crippen molar-refractivity contribution in [2.75, 3.05) is 0 Å². The molecule has 0 spiro atoms. The SMILES string of the molecule is CCC(C)CC(=N)C(=O)O. The average molecular weight is 143 g/mol. The van der Waals surface area contributed by atoms with Crippen LogP contribution in [-0.2, 0) is 4.79 Å².